The quantitative estimate of drug-likeness (QED) is 0.673. The fourth-order valence-electron chi connectivity index (χ4n) is 2.28. The van der Waals surface area contributed by atoms with Crippen molar-refractivity contribution in [1.29, 1.82) is 0 Å². The van der Waals surface area contributed by atoms with Gasteiger partial charge >= 0.3 is 0 Å². The molecule has 23 heavy (non-hydrogen) atoms. The zero-order valence-electron chi connectivity index (χ0n) is 12.9. The summed E-state index contributed by atoms with van der Waals surface area (Å²) in [7, 11) is 0. The normalized spacial score (nSPS) is 11.9. The average molecular weight is 350 g/mol. The number of furan rings is 1. The Kier molecular flexibility index (Phi) is 6.42. The molecule has 3 aromatic rings. The van der Waals surface area contributed by atoms with E-state index in [1.165, 1.54) is 4.88 Å². The Morgan fingerprint density at radius 2 is 1.87 bits per heavy atom. The number of hydrogen-bond donors (Lipinski definition) is 2. The fraction of sp³-hybridized carbons (Fsp3) is 0.222. The lowest BCUT2D eigenvalue weighted by Crippen LogP contribution is -2.10. The maximum atomic E-state index is 9.53. The zero-order valence-corrected chi connectivity index (χ0v) is 14.5. The van der Waals surface area contributed by atoms with E-state index in [2.05, 4.69) is 22.8 Å². The minimum absolute atomic E-state index is 0. The Bertz CT molecular complexity index is 705. The van der Waals surface area contributed by atoms with E-state index >= 15 is 0 Å². The lowest BCUT2D eigenvalue weighted by Gasteiger charge is -2.05. The number of aliphatic hydroxyl groups excluding tert-OH is 1. The van der Waals surface area contributed by atoms with Gasteiger partial charge in [0.2, 0.25) is 0 Å². The van der Waals surface area contributed by atoms with Gasteiger partial charge in [-0.05, 0) is 36.1 Å². The zero-order chi connectivity index (χ0) is 15.4. The predicted octanol–water partition coefficient (Wildman–Crippen LogP) is 4.77. The summed E-state index contributed by atoms with van der Waals surface area (Å²) < 4.78 is 5.87. The van der Waals surface area contributed by atoms with Crippen LogP contribution in [0.15, 0.2) is 58.3 Å². The molecule has 0 aliphatic rings. The molecule has 0 spiro atoms. The molecule has 0 aliphatic heterocycles. The van der Waals surface area contributed by atoms with Gasteiger partial charge in [0.25, 0.3) is 0 Å². The summed E-state index contributed by atoms with van der Waals surface area (Å²) in [6, 6.07) is 16.0. The van der Waals surface area contributed by atoms with Crippen molar-refractivity contribution in [3.05, 3.63) is 70.1 Å². The van der Waals surface area contributed by atoms with Crippen LogP contribution in [0, 0.1) is 0 Å². The van der Waals surface area contributed by atoms with Crippen molar-refractivity contribution in [1.82, 2.24) is 5.32 Å². The van der Waals surface area contributed by atoms with Gasteiger partial charge in [0, 0.05) is 17.0 Å². The molecule has 3 nitrogen and oxygen atoms in total. The lowest BCUT2D eigenvalue weighted by atomic mass is 10.1. The van der Waals surface area contributed by atoms with Gasteiger partial charge in [0.05, 0.1) is 12.6 Å². The third kappa shape index (κ3) is 4.69. The van der Waals surface area contributed by atoms with E-state index in [4.69, 9.17) is 4.42 Å². The summed E-state index contributed by atoms with van der Waals surface area (Å²) in [5, 5.41) is 15.0. The fourth-order valence-corrected chi connectivity index (χ4v) is 2.95. The molecule has 1 atom stereocenters. The highest BCUT2D eigenvalue weighted by Crippen LogP contribution is 2.24. The van der Waals surface area contributed by atoms with Crippen molar-refractivity contribution < 1.29 is 9.52 Å². The number of benzene rings is 1. The minimum atomic E-state index is -0.442. The van der Waals surface area contributed by atoms with Gasteiger partial charge in [0.1, 0.15) is 11.5 Å². The molecule has 2 N–H and O–H groups in total. The number of halogens is 1. The van der Waals surface area contributed by atoms with Crippen LogP contribution in [0.5, 0.6) is 0 Å². The van der Waals surface area contributed by atoms with Crippen LogP contribution in [-0.2, 0) is 13.1 Å². The van der Waals surface area contributed by atoms with Crippen molar-refractivity contribution >= 4 is 23.7 Å². The minimum Gasteiger partial charge on any atom is -0.460 e. The van der Waals surface area contributed by atoms with Gasteiger partial charge in [0.15, 0.2) is 0 Å². The van der Waals surface area contributed by atoms with Crippen LogP contribution in [-0.4, -0.2) is 5.11 Å². The van der Waals surface area contributed by atoms with E-state index in [-0.39, 0.29) is 12.4 Å². The summed E-state index contributed by atoms with van der Waals surface area (Å²) in [4.78, 5) is 1.32. The lowest BCUT2D eigenvalue weighted by molar-refractivity contribution is 0.199. The summed E-state index contributed by atoms with van der Waals surface area (Å²) in [5.74, 6) is 1.77. The predicted molar refractivity (Wildman–Crippen MR) is 96.9 cm³/mol. The second-order valence-electron chi connectivity index (χ2n) is 5.25. The molecule has 0 amide bonds. The molecule has 2 aromatic heterocycles. The average Bonchev–Trinajstić information content (AvgIpc) is 3.19. The second kappa shape index (κ2) is 8.31. The van der Waals surface area contributed by atoms with Crippen LogP contribution in [0.1, 0.15) is 29.2 Å². The molecule has 0 saturated carbocycles. The number of thiophene rings is 1. The molecule has 1 aromatic carbocycles. The van der Waals surface area contributed by atoms with E-state index < -0.39 is 6.10 Å². The van der Waals surface area contributed by atoms with Crippen LogP contribution >= 0.6 is 23.7 Å². The standard InChI is InChI=1S/C18H19NO2S.ClH/c1-13(20)14-4-6-15(7-5-14)18-9-8-16(21-18)11-19-12-17-3-2-10-22-17;/h2-10,13,19-20H,11-12H2,1H3;1H. The van der Waals surface area contributed by atoms with E-state index in [1.807, 2.05) is 36.4 Å². The van der Waals surface area contributed by atoms with Crippen LogP contribution in [0.2, 0.25) is 0 Å². The van der Waals surface area contributed by atoms with Gasteiger partial charge < -0.3 is 14.8 Å². The van der Waals surface area contributed by atoms with E-state index in [0.717, 1.165) is 29.2 Å². The molecule has 5 heteroatoms. The summed E-state index contributed by atoms with van der Waals surface area (Å²) in [5.41, 5.74) is 1.93. The van der Waals surface area contributed by atoms with E-state index in [0.29, 0.717) is 6.54 Å². The van der Waals surface area contributed by atoms with Crippen molar-refractivity contribution in [3.8, 4) is 11.3 Å². The highest BCUT2D eigenvalue weighted by Gasteiger charge is 2.06. The Balaban J connectivity index is 0.00000192. The van der Waals surface area contributed by atoms with Crippen LogP contribution in [0.3, 0.4) is 0 Å². The highest BCUT2D eigenvalue weighted by molar-refractivity contribution is 7.09. The highest BCUT2D eigenvalue weighted by atomic mass is 35.5. The first-order valence-corrected chi connectivity index (χ1v) is 8.20. The summed E-state index contributed by atoms with van der Waals surface area (Å²) in [6.45, 7) is 3.33. The molecule has 0 radical (unpaired) electrons. The van der Waals surface area contributed by atoms with Crippen molar-refractivity contribution in [3.63, 3.8) is 0 Å². The van der Waals surface area contributed by atoms with Crippen LogP contribution in [0.4, 0.5) is 0 Å². The summed E-state index contributed by atoms with van der Waals surface area (Å²) >= 11 is 1.75. The van der Waals surface area contributed by atoms with Gasteiger partial charge in [-0.2, -0.15) is 0 Å². The molecule has 1 unspecified atom stereocenters. The van der Waals surface area contributed by atoms with Gasteiger partial charge in [-0.3, -0.25) is 0 Å². The van der Waals surface area contributed by atoms with Crippen molar-refractivity contribution in [2.24, 2.45) is 0 Å². The van der Waals surface area contributed by atoms with Crippen molar-refractivity contribution in [2.45, 2.75) is 26.1 Å². The topological polar surface area (TPSA) is 45.4 Å². The molecule has 3 rings (SSSR count). The van der Waals surface area contributed by atoms with Gasteiger partial charge in [-0.15, -0.1) is 23.7 Å². The first-order valence-electron chi connectivity index (χ1n) is 7.32. The molecule has 0 saturated heterocycles. The second-order valence-corrected chi connectivity index (χ2v) is 6.28. The van der Waals surface area contributed by atoms with Crippen LogP contribution in [0.25, 0.3) is 11.3 Å². The Morgan fingerprint density at radius 3 is 2.52 bits per heavy atom. The third-order valence-corrected chi connectivity index (χ3v) is 4.39. The largest absolute Gasteiger partial charge is 0.460 e. The number of nitrogens with one attached hydrogen (secondary N) is 1. The van der Waals surface area contributed by atoms with Gasteiger partial charge in [-0.25, -0.2) is 0 Å². The molecule has 0 bridgehead atoms. The van der Waals surface area contributed by atoms with Crippen molar-refractivity contribution in [2.75, 3.05) is 0 Å². The Morgan fingerprint density at radius 1 is 1.09 bits per heavy atom. The SMILES string of the molecule is CC(O)c1ccc(-c2ccc(CNCc3cccs3)o2)cc1.Cl. The third-order valence-electron chi connectivity index (χ3n) is 3.52. The molecule has 0 aliphatic carbocycles. The first-order chi connectivity index (χ1) is 10.7. The first kappa shape index (κ1) is 17.8. The molecule has 2 heterocycles. The monoisotopic (exact) mass is 349 g/mol. The molecule has 0 fully saturated rings. The van der Waals surface area contributed by atoms with Crippen LogP contribution < -0.4 is 5.32 Å². The number of hydrogen-bond acceptors (Lipinski definition) is 4. The number of rotatable bonds is 6. The maximum absolute atomic E-state index is 9.53. The Hall–Kier alpha value is -1.59. The van der Waals surface area contributed by atoms with E-state index in [9.17, 15) is 5.11 Å². The number of aliphatic hydroxyl groups is 1. The van der Waals surface area contributed by atoms with E-state index in [1.54, 1.807) is 18.3 Å². The molecular formula is C18H20ClNO2S. The summed E-state index contributed by atoms with van der Waals surface area (Å²) in [6.07, 6.45) is -0.442. The Labute approximate surface area is 146 Å². The maximum Gasteiger partial charge on any atom is 0.134 e. The molecule has 122 valence electrons. The smallest absolute Gasteiger partial charge is 0.134 e. The van der Waals surface area contributed by atoms with Gasteiger partial charge in [-0.1, -0.05) is 30.3 Å². The molecular weight excluding hydrogens is 330 g/mol.